The topological polar surface area (TPSA) is 41.3 Å². The van der Waals surface area contributed by atoms with Crippen molar-refractivity contribution in [3.05, 3.63) is 24.3 Å². The molecule has 1 saturated heterocycles. The second-order valence-corrected chi connectivity index (χ2v) is 4.56. The predicted octanol–water partition coefficient (Wildman–Crippen LogP) is 2.17. The molecular weight excluding hydrogens is 198 g/mol. The smallest absolute Gasteiger partial charge is 0.0574 e. The first-order chi connectivity index (χ1) is 7.77. The van der Waals surface area contributed by atoms with E-state index in [1.165, 1.54) is 25.9 Å². The number of anilines is 2. The van der Waals surface area contributed by atoms with Crippen LogP contribution in [0.4, 0.5) is 11.4 Å². The normalized spacial score (nSPS) is 18.6. The summed E-state index contributed by atoms with van der Waals surface area (Å²) < 4.78 is 0. The van der Waals surface area contributed by atoms with Crippen LogP contribution in [0.2, 0.25) is 0 Å². The molecule has 0 amide bonds. The maximum Gasteiger partial charge on any atom is 0.0574 e. The zero-order valence-corrected chi connectivity index (χ0v) is 9.95. The van der Waals surface area contributed by atoms with Gasteiger partial charge in [-0.25, -0.2) is 0 Å². The molecule has 88 valence electrons. The average Bonchev–Trinajstić information content (AvgIpc) is 2.81. The fraction of sp³-hybridized carbons (Fsp3) is 0.538. The Hall–Kier alpha value is -1.22. The van der Waals surface area contributed by atoms with E-state index in [4.69, 9.17) is 5.73 Å². The van der Waals surface area contributed by atoms with E-state index in [-0.39, 0.29) is 0 Å². The van der Waals surface area contributed by atoms with Gasteiger partial charge in [-0.2, -0.15) is 0 Å². The molecule has 1 fully saturated rings. The lowest BCUT2D eigenvalue weighted by Crippen LogP contribution is -2.35. The van der Waals surface area contributed by atoms with Crippen molar-refractivity contribution < 1.29 is 0 Å². The molecule has 1 aromatic rings. The van der Waals surface area contributed by atoms with Gasteiger partial charge >= 0.3 is 0 Å². The van der Waals surface area contributed by atoms with Crippen molar-refractivity contribution in [2.45, 2.75) is 25.8 Å². The molecule has 1 aromatic carbocycles. The third kappa shape index (κ3) is 2.67. The number of para-hydroxylation sites is 2. The molecule has 1 unspecified atom stereocenters. The van der Waals surface area contributed by atoms with Gasteiger partial charge in [0, 0.05) is 12.6 Å². The van der Waals surface area contributed by atoms with Crippen LogP contribution < -0.4 is 11.1 Å². The van der Waals surface area contributed by atoms with Gasteiger partial charge in [-0.1, -0.05) is 12.1 Å². The Kier molecular flexibility index (Phi) is 3.67. The lowest BCUT2D eigenvalue weighted by atomic mass is 10.2. The van der Waals surface area contributed by atoms with E-state index in [2.05, 4.69) is 17.1 Å². The maximum atomic E-state index is 5.88. The van der Waals surface area contributed by atoms with Crippen LogP contribution in [0, 0.1) is 0 Å². The van der Waals surface area contributed by atoms with Crippen molar-refractivity contribution in [3.8, 4) is 0 Å². The number of hydrogen-bond donors (Lipinski definition) is 2. The third-order valence-corrected chi connectivity index (χ3v) is 3.31. The minimum atomic E-state index is 0.585. The zero-order chi connectivity index (χ0) is 11.4. The molecule has 0 spiro atoms. The Balaban J connectivity index is 1.84. The summed E-state index contributed by atoms with van der Waals surface area (Å²) in [6, 6.07) is 8.53. The Morgan fingerprint density at radius 2 is 2.00 bits per heavy atom. The lowest BCUT2D eigenvalue weighted by Gasteiger charge is -2.24. The monoisotopic (exact) mass is 219 g/mol. The van der Waals surface area contributed by atoms with Crippen LogP contribution in [0.3, 0.4) is 0 Å². The SMILES string of the molecule is CC(CNc1ccccc1N)N1CCCC1. The highest BCUT2D eigenvalue weighted by atomic mass is 15.2. The van der Waals surface area contributed by atoms with Gasteiger partial charge in [0.25, 0.3) is 0 Å². The van der Waals surface area contributed by atoms with E-state index in [1.54, 1.807) is 0 Å². The molecule has 16 heavy (non-hydrogen) atoms. The number of likely N-dealkylation sites (tertiary alicyclic amines) is 1. The number of hydrogen-bond acceptors (Lipinski definition) is 3. The minimum absolute atomic E-state index is 0.585. The van der Waals surface area contributed by atoms with Gasteiger partial charge < -0.3 is 11.1 Å². The summed E-state index contributed by atoms with van der Waals surface area (Å²) >= 11 is 0. The van der Waals surface area contributed by atoms with Gasteiger partial charge in [0.05, 0.1) is 11.4 Å². The predicted molar refractivity (Wildman–Crippen MR) is 69.6 cm³/mol. The molecule has 3 N–H and O–H groups in total. The number of rotatable bonds is 4. The van der Waals surface area contributed by atoms with Crippen LogP contribution in [-0.4, -0.2) is 30.6 Å². The summed E-state index contributed by atoms with van der Waals surface area (Å²) in [5.74, 6) is 0. The van der Waals surface area contributed by atoms with Crippen molar-refractivity contribution >= 4 is 11.4 Å². The highest BCUT2D eigenvalue weighted by Gasteiger charge is 2.17. The van der Waals surface area contributed by atoms with Crippen molar-refractivity contribution in [1.82, 2.24) is 4.90 Å². The van der Waals surface area contributed by atoms with E-state index in [9.17, 15) is 0 Å². The van der Waals surface area contributed by atoms with Crippen molar-refractivity contribution in [2.75, 3.05) is 30.7 Å². The first-order valence-corrected chi connectivity index (χ1v) is 6.10. The Morgan fingerprint density at radius 1 is 1.31 bits per heavy atom. The Bertz CT molecular complexity index is 332. The van der Waals surface area contributed by atoms with Crippen molar-refractivity contribution in [2.24, 2.45) is 0 Å². The van der Waals surface area contributed by atoms with Crippen molar-refractivity contribution in [1.29, 1.82) is 0 Å². The maximum absolute atomic E-state index is 5.88. The third-order valence-electron chi connectivity index (χ3n) is 3.31. The molecule has 0 saturated carbocycles. The molecule has 1 aliphatic rings. The van der Waals surface area contributed by atoms with E-state index in [0.29, 0.717) is 6.04 Å². The standard InChI is InChI=1S/C13H21N3/c1-11(16-8-4-5-9-16)10-15-13-7-3-2-6-12(13)14/h2-3,6-7,11,15H,4-5,8-10,14H2,1H3. The second-order valence-electron chi connectivity index (χ2n) is 4.56. The molecule has 1 atom stereocenters. The van der Waals surface area contributed by atoms with Crippen LogP contribution in [-0.2, 0) is 0 Å². The second kappa shape index (κ2) is 5.21. The summed E-state index contributed by atoms with van der Waals surface area (Å²) in [7, 11) is 0. The largest absolute Gasteiger partial charge is 0.397 e. The van der Waals surface area contributed by atoms with Gasteiger partial charge in [-0.05, 0) is 45.0 Å². The molecule has 0 aliphatic carbocycles. The number of nitrogens with two attached hydrogens (primary N) is 1. The number of nitrogens with zero attached hydrogens (tertiary/aromatic N) is 1. The zero-order valence-electron chi connectivity index (χ0n) is 9.95. The summed E-state index contributed by atoms with van der Waals surface area (Å²) in [5.41, 5.74) is 7.76. The summed E-state index contributed by atoms with van der Waals surface area (Å²) in [5, 5.41) is 3.42. The molecule has 1 aliphatic heterocycles. The van der Waals surface area contributed by atoms with Gasteiger partial charge in [0.1, 0.15) is 0 Å². The van der Waals surface area contributed by atoms with Gasteiger partial charge in [0.2, 0.25) is 0 Å². The molecule has 3 nitrogen and oxygen atoms in total. The molecular formula is C13H21N3. The summed E-state index contributed by atoms with van der Waals surface area (Å²) in [6.07, 6.45) is 2.69. The van der Waals surface area contributed by atoms with Gasteiger partial charge in [0.15, 0.2) is 0 Å². The first kappa shape index (κ1) is 11.3. The summed E-state index contributed by atoms with van der Waals surface area (Å²) in [6.45, 7) is 5.73. The van der Waals surface area contributed by atoms with E-state index < -0.39 is 0 Å². The molecule has 0 bridgehead atoms. The summed E-state index contributed by atoms with van der Waals surface area (Å²) in [4.78, 5) is 2.53. The number of benzene rings is 1. The van der Waals surface area contributed by atoms with Crippen LogP contribution in [0.15, 0.2) is 24.3 Å². The van der Waals surface area contributed by atoms with Gasteiger partial charge in [-0.15, -0.1) is 0 Å². The molecule has 2 rings (SSSR count). The fourth-order valence-electron chi connectivity index (χ4n) is 2.23. The molecule has 0 aromatic heterocycles. The van der Waals surface area contributed by atoms with Gasteiger partial charge in [-0.3, -0.25) is 4.90 Å². The van der Waals surface area contributed by atoms with Crippen LogP contribution >= 0.6 is 0 Å². The molecule has 3 heteroatoms. The minimum Gasteiger partial charge on any atom is -0.397 e. The van der Waals surface area contributed by atoms with Crippen molar-refractivity contribution in [3.63, 3.8) is 0 Å². The Labute approximate surface area is 97.6 Å². The first-order valence-electron chi connectivity index (χ1n) is 6.10. The average molecular weight is 219 g/mol. The van der Waals surface area contributed by atoms with E-state index >= 15 is 0 Å². The van der Waals surface area contributed by atoms with Crippen LogP contribution in [0.25, 0.3) is 0 Å². The Morgan fingerprint density at radius 3 is 2.69 bits per heavy atom. The van der Waals surface area contributed by atoms with E-state index in [1.807, 2.05) is 24.3 Å². The van der Waals surface area contributed by atoms with Crippen LogP contribution in [0.5, 0.6) is 0 Å². The van der Waals surface area contributed by atoms with Crippen LogP contribution in [0.1, 0.15) is 19.8 Å². The molecule has 0 radical (unpaired) electrons. The quantitative estimate of drug-likeness (QED) is 0.763. The highest BCUT2D eigenvalue weighted by Crippen LogP contribution is 2.18. The number of nitrogen functional groups attached to an aromatic ring is 1. The fourth-order valence-corrected chi connectivity index (χ4v) is 2.23. The van der Waals surface area contributed by atoms with E-state index in [0.717, 1.165) is 17.9 Å². The lowest BCUT2D eigenvalue weighted by molar-refractivity contribution is 0.269. The molecule has 1 heterocycles. The highest BCUT2D eigenvalue weighted by molar-refractivity contribution is 5.65. The number of nitrogens with one attached hydrogen (secondary N) is 1.